The van der Waals surface area contributed by atoms with Crippen molar-refractivity contribution in [3.8, 4) is 5.75 Å². The molecule has 27 heavy (non-hydrogen) atoms. The van der Waals surface area contributed by atoms with Crippen LogP contribution in [0.15, 0.2) is 54.6 Å². The Morgan fingerprint density at radius 2 is 1.89 bits per heavy atom. The first-order valence-electron chi connectivity index (χ1n) is 8.97. The van der Waals surface area contributed by atoms with E-state index < -0.39 is 0 Å². The van der Waals surface area contributed by atoms with Gasteiger partial charge in [-0.3, -0.25) is 0 Å². The van der Waals surface area contributed by atoms with Gasteiger partial charge in [-0.05, 0) is 43.1 Å². The van der Waals surface area contributed by atoms with Gasteiger partial charge in [0.25, 0.3) is 0 Å². The van der Waals surface area contributed by atoms with E-state index in [0.717, 1.165) is 35.4 Å². The molecule has 1 N–H and O–H groups in total. The van der Waals surface area contributed by atoms with E-state index in [0.29, 0.717) is 18.2 Å². The molecule has 0 unspecified atom stereocenters. The highest BCUT2D eigenvalue weighted by atomic mass is 35.5. The lowest BCUT2D eigenvalue weighted by atomic mass is 10.0. The van der Waals surface area contributed by atoms with Gasteiger partial charge in [0.1, 0.15) is 18.2 Å². The Morgan fingerprint density at radius 1 is 1.07 bits per heavy atom. The number of rotatable bonds is 8. The number of hydrogen-bond donors (Lipinski definition) is 1. The molecule has 0 aromatic heterocycles. The fourth-order valence-electron chi connectivity index (χ4n) is 2.94. The summed E-state index contributed by atoms with van der Waals surface area (Å²) in [5, 5.41) is 6.20. The van der Waals surface area contributed by atoms with Crippen LogP contribution in [0, 0.1) is 5.82 Å². The number of benzene rings is 3. The van der Waals surface area contributed by atoms with Gasteiger partial charge in [-0.1, -0.05) is 48.0 Å². The summed E-state index contributed by atoms with van der Waals surface area (Å²) in [6.07, 6.45) is 0. The summed E-state index contributed by atoms with van der Waals surface area (Å²) in [6.45, 7) is 2.86. The Morgan fingerprint density at radius 3 is 2.67 bits per heavy atom. The molecule has 0 heterocycles. The molecule has 0 saturated heterocycles. The Kier molecular flexibility index (Phi) is 6.67. The molecule has 3 rings (SSSR count). The van der Waals surface area contributed by atoms with Crippen molar-refractivity contribution in [2.45, 2.75) is 13.2 Å². The SMILES string of the molecule is CN(C)CCNCc1c(OCc2ccc(F)cc2Cl)ccc2ccccc12. The van der Waals surface area contributed by atoms with Crippen LogP contribution in [0.3, 0.4) is 0 Å². The lowest BCUT2D eigenvalue weighted by Gasteiger charge is -2.16. The highest BCUT2D eigenvalue weighted by Gasteiger charge is 2.10. The van der Waals surface area contributed by atoms with Gasteiger partial charge < -0.3 is 15.0 Å². The first-order valence-corrected chi connectivity index (χ1v) is 9.35. The molecule has 0 amide bonds. The maximum absolute atomic E-state index is 13.2. The third-order valence-electron chi connectivity index (χ3n) is 4.43. The van der Waals surface area contributed by atoms with E-state index >= 15 is 0 Å². The van der Waals surface area contributed by atoms with Gasteiger partial charge in [0, 0.05) is 30.8 Å². The molecule has 5 heteroatoms. The quantitative estimate of drug-likeness (QED) is 0.559. The van der Waals surface area contributed by atoms with Gasteiger partial charge in [-0.2, -0.15) is 0 Å². The smallest absolute Gasteiger partial charge is 0.124 e. The Hall–Kier alpha value is -2.14. The number of ether oxygens (including phenoxy) is 1. The summed E-state index contributed by atoms with van der Waals surface area (Å²) in [6, 6.07) is 16.7. The molecule has 142 valence electrons. The zero-order valence-electron chi connectivity index (χ0n) is 15.6. The van der Waals surface area contributed by atoms with E-state index in [1.807, 2.05) is 18.2 Å². The van der Waals surface area contributed by atoms with Crippen molar-refractivity contribution >= 4 is 22.4 Å². The van der Waals surface area contributed by atoms with Gasteiger partial charge in [-0.15, -0.1) is 0 Å². The average molecular weight is 387 g/mol. The highest BCUT2D eigenvalue weighted by molar-refractivity contribution is 6.31. The van der Waals surface area contributed by atoms with Crippen LogP contribution in [0.2, 0.25) is 5.02 Å². The highest BCUT2D eigenvalue weighted by Crippen LogP contribution is 2.29. The van der Waals surface area contributed by atoms with Gasteiger partial charge in [0.05, 0.1) is 5.02 Å². The van der Waals surface area contributed by atoms with Crippen LogP contribution in [-0.2, 0) is 13.2 Å². The van der Waals surface area contributed by atoms with Crippen molar-refractivity contribution in [1.29, 1.82) is 0 Å². The van der Waals surface area contributed by atoms with E-state index in [4.69, 9.17) is 16.3 Å². The normalized spacial score (nSPS) is 11.3. The van der Waals surface area contributed by atoms with Gasteiger partial charge in [-0.25, -0.2) is 4.39 Å². The second-order valence-electron chi connectivity index (χ2n) is 6.77. The first kappa shape index (κ1) is 19.6. The molecule has 0 radical (unpaired) electrons. The third kappa shape index (κ3) is 5.19. The molecule has 0 aliphatic rings. The second kappa shape index (κ2) is 9.18. The lowest BCUT2D eigenvalue weighted by Crippen LogP contribution is -2.26. The largest absolute Gasteiger partial charge is 0.488 e. The zero-order chi connectivity index (χ0) is 19.2. The number of hydrogen-bond acceptors (Lipinski definition) is 3. The standard InChI is InChI=1S/C22H24ClFN2O/c1-26(2)12-11-25-14-20-19-6-4-3-5-16(19)8-10-22(20)27-15-17-7-9-18(24)13-21(17)23/h3-10,13,25H,11-12,14-15H2,1-2H3. The summed E-state index contributed by atoms with van der Waals surface area (Å²) >= 11 is 6.13. The van der Waals surface area contributed by atoms with Gasteiger partial charge in [0.2, 0.25) is 0 Å². The molecule has 0 spiro atoms. The van der Waals surface area contributed by atoms with E-state index in [1.54, 1.807) is 6.07 Å². The molecule has 0 bridgehead atoms. The maximum atomic E-state index is 13.2. The van der Waals surface area contributed by atoms with Gasteiger partial charge in [0.15, 0.2) is 0 Å². The van der Waals surface area contributed by atoms with Crippen LogP contribution in [0.4, 0.5) is 4.39 Å². The number of nitrogens with one attached hydrogen (secondary N) is 1. The fourth-order valence-corrected chi connectivity index (χ4v) is 3.17. The first-order chi connectivity index (χ1) is 13.0. The van der Waals surface area contributed by atoms with Crippen LogP contribution in [0.5, 0.6) is 5.75 Å². The van der Waals surface area contributed by atoms with Crippen LogP contribution in [-0.4, -0.2) is 32.1 Å². The number of halogens is 2. The van der Waals surface area contributed by atoms with E-state index in [9.17, 15) is 4.39 Å². The minimum absolute atomic E-state index is 0.294. The number of fused-ring (bicyclic) bond motifs is 1. The van der Waals surface area contributed by atoms with Crippen molar-refractivity contribution in [2.75, 3.05) is 27.2 Å². The maximum Gasteiger partial charge on any atom is 0.124 e. The Bertz CT molecular complexity index is 914. The minimum atomic E-state index is -0.347. The van der Waals surface area contributed by atoms with Crippen molar-refractivity contribution in [2.24, 2.45) is 0 Å². The summed E-state index contributed by atoms with van der Waals surface area (Å²) in [5.41, 5.74) is 1.88. The van der Waals surface area contributed by atoms with Crippen molar-refractivity contribution in [3.05, 3.63) is 76.6 Å². The molecule has 0 aliphatic heterocycles. The third-order valence-corrected chi connectivity index (χ3v) is 4.79. The molecular weight excluding hydrogens is 363 g/mol. The molecule has 3 aromatic rings. The monoisotopic (exact) mass is 386 g/mol. The van der Waals surface area contributed by atoms with E-state index in [2.05, 4.69) is 42.5 Å². The molecule has 0 saturated carbocycles. The molecule has 0 aliphatic carbocycles. The zero-order valence-corrected chi connectivity index (χ0v) is 16.4. The van der Waals surface area contributed by atoms with E-state index in [1.165, 1.54) is 17.5 Å². The van der Waals surface area contributed by atoms with Crippen LogP contribution >= 0.6 is 11.6 Å². The summed E-state index contributed by atoms with van der Waals surface area (Å²) in [7, 11) is 4.11. The molecule has 0 atom stereocenters. The predicted molar refractivity (Wildman–Crippen MR) is 110 cm³/mol. The molecule has 3 aromatic carbocycles. The molecule has 0 fully saturated rings. The summed E-state index contributed by atoms with van der Waals surface area (Å²) in [4.78, 5) is 2.14. The molecule has 3 nitrogen and oxygen atoms in total. The van der Waals surface area contributed by atoms with E-state index in [-0.39, 0.29) is 5.82 Å². The Labute approximate surface area is 164 Å². The summed E-state index contributed by atoms with van der Waals surface area (Å²) < 4.78 is 19.3. The van der Waals surface area contributed by atoms with Crippen LogP contribution < -0.4 is 10.1 Å². The predicted octanol–water partition coefficient (Wildman–Crippen LogP) is 4.86. The number of likely N-dealkylation sites (N-methyl/N-ethyl adjacent to an activating group) is 1. The second-order valence-corrected chi connectivity index (χ2v) is 7.18. The van der Waals surface area contributed by atoms with Crippen molar-refractivity contribution in [1.82, 2.24) is 10.2 Å². The van der Waals surface area contributed by atoms with Crippen molar-refractivity contribution in [3.63, 3.8) is 0 Å². The minimum Gasteiger partial charge on any atom is -0.488 e. The topological polar surface area (TPSA) is 24.5 Å². The lowest BCUT2D eigenvalue weighted by molar-refractivity contribution is 0.302. The molecular formula is C22H24ClFN2O. The van der Waals surface area contributed by atoms with Crippen LogP contribution in [0.1, 0.15) is 11.1 Å². The fraction of sp³-hybridized carbons (Fsp3) is 0.273. The summed E-state index contributed by atoms with van der Waals surface area (Å²) in [5.74, 6) is 0.465. The number of nitrogens with zero attached hydrogens (tertiary/aromatic N) is 1. The van der Waals surface area contributed by atoms with Gasteiger partial charge >= 0.3 is 0 Å². The Balaban J connectivity index is 1.81. The van der Waals surface area contributed by atoms with Crippen molar-refractivity contribution < 1.29 is 9.13 Å². The van der Waals surface area contributed by atoms with Crippen LogP contribution in [0.25, 0.3) is 10.8 Å². The average Bonchev–Trinajstić information content (AvgIpc) is 2.65.